The van der Waals surface area contributed by atoms with E-state index in [-0.39, 0.29) is 25.5 Å². The average molecular weight is 581 g/mol. The van der Waals surface area contributed by atoms with E-state index in [9.17, 15) is 30.3 Å². The molecule has 1 saturated carbocycles. The molecular formula is C24H48N6O10. The van der Waals surface area contributed by atoms with E-state index in [1.807, 2.05) is 6.92 Å². The fraction of sp³-hybridized carbons (Fsp3) is 0.958. The van der Waals surface area contributed by atoms with Crippen LogP contribution in [0.5, 0.6) is 0 Å². The number of ether oxygens (including phenoxy) is 4. The molecule has 3 aliphatic rings. The summed E-state index contributed by atoms with van der Waals surface area (Å²) in [6.45, 7) is 2.80. The van der Waals surface area contributed by atoms with E-state index in [2.05, 4.69) is 10.6 Å². The zero-order valence-electron chi connectivity index (χ0n) is 22.8. The van der Waals surface area contributed by atoms with Crippen molar-refractivity contribution in [3.05, 3.63) is 0 Å². The lowest BCUT2D eigenvalue weighted by Gasteiger charge is -2.48. The van der Waals surface area contributed by atoms with E-state index in [0.29, 0.717) is 13.0 Å². The molecule has 16 heteroatoms. The predicted octanol–water partition coefficient (Wildman–Crippen LogP) is -5.75. The normalized spacial score (nSPS) is 43.3. The summed E-state index contributed by atoms with van der Waals surface area (Å²) >= 11 is 0. The van der Waals surface area contributed by atoms with Crippen LogP contribution in [0.25, 0.3) is 0 Å². The number of nitrogens with two attached hydrogens (primary N) is 4. The Balaban J connectivity index is 1.80. The van der Waals surface area contributed by atoms with Crippen molar-refractivity contribution >= 4 is 5.91 Å². The van der Waals surface area contributed by atoms with Crippen LogP contribution in [0.1, 0.15) is 32.6 Å². The van der Waals surface area contributed by atoms with Crippen molar-refractivity contribution in [2.24, 2.45) is 22.9 Å². The Morgan fingerprint density at radius 1 is 1.00 bits per heavy atom. The molecule has 0 spiro atoms. The molecule has 0 aromatic carbocycles. The molecule has 0 bridgehead atoms. The van der Waals surface area contributed by atoms with E-state index >= 15 is 0 Å². The first-order valence-electron chi connectivity index (χ1n) is 13.9. The lowest BCUT2D eigenvalue weighted by atomic mass is 9.83. The third-order valence-corrected chi connectivity index (χ3v) is 7.73. The third-order valence-electron chi connectivity index (χ3n) is 7.73. The summed E-state index contributed by atoms with van der Waals surface area (Å²) in [6.07, 6.45) is -10.4. The Hall–Kier alpha value is -1.09. The number of carbonyl (C=O) groups is 1. The molecule has 3 fully saturated rings. The first-order chi connectivity index (χ1) is 19.0. The number of hydrogen-bond acceptors (Lipinski definition) is 15. The van der Waals surface area contributed by atoms with E-state index in [1.54, 1.807) is 0 Å². The maximum absolute atomic E-state index is 12.6. The molecule has 15 N–H and O–H groups in total. The number of carbonyl (C=O) groups excluding carboxylic acids is 1. The van der Waals surface area contributed by atoms with E-state index in [0.717, 1.165) is 13.0 Å². The lowest BCUT2D eigenvalue weighted by Crippen LogP contribution is -2.69. The molecule has 234 valence electrons. The molecule has 0 aromatic heterocycles. The highest BCUT2D eigenvalue weighted by Crippen LogP contribution is 2.31. The van der Waals surface area contributed by atoms with Crippen molar-refractivity contribution in [1.29, 1.82) is 0 Å². The van der Waals surface area contributed by atoms with Crippen LogP contribution in [0.2, 0.25) is 0 Å². The van der Waals surface area contributed by atoms with Crippen molar-refractivity contribution in [1.82, 2.24) is 10.6 Å². The molecule has 1 unspecified atom stereocenters. The smallest absolute Gasteiger partial charge is 0.249 e. The van der Waals surface area contributed by atoms with E-state index in [4.69, 9.17) is 41.9 Å². The van der Waals surface area contributed by atoms with Crippen LogP contribution >= 0.6 is 0 Å². The highest BCUT2D eigenvalue weighted by atomic mass is 16.7. The van der Waals surface area contributed by atoms with E-state index in [1.165, 1.54) is 0 Å². The summed E-state index contributed by atoms with van der Waals surface area (Å²) in [4.78, 5) is 12.6. The minimum absolute atomic E-state index is 0.00472. The van der Waals surface area contributed by atoms with Crippen LogP contribution < -0.4 is 33.6 Å². The van der Waals surface area contributed by atoms with Crippen molar-refractivity contribution < 1.29 is 49.3 Å². The first kappa shape index (κ1) is 33.4. The van der Waals surface area contributed by atoms with Crippen molar-refractivity contribution in [2.75, 3.05) is 26.2 Å². The Morgan fingerprint density at radius 3 is 2.35 bits per heavy atom. The fourth-order valence-electron chi connectivity index (χ4n) is 5.30. The molecule has 0 radical (unpaired) electrons. The average Bonchev–Trinajstić information content (AvgIpc) is 2.93. The van der Waals surface area contributed by atoms with Gasteiger partial charge in [0, 0.05) is 12.6 Å². The lowest BCUT2D eigenvalue weighted by molar-refractivity contribution is -0.314. The molecule has 40 heavy (non-hydrogen) atoms. The number of hydrogen-bond donors (Lipinski definition) is 11. The van der Waals surface area contributed by atoms with Gasteiger partial charge in [-0.25, -0.2) is 0 Å². The van der Waals surface area contributed by atoms with Crippen LogP contribution in [-0.2, 0) is 23.7 Å². The zero-order chi connectivity index (χ0) is 29.6. The summed E-state index contributed by atoms with van der Waals surface area (Å²) in [7, 11) is 0. The molecule has 3 rings (SSSR count). The molecule has 1 aliphatic carbocycles. The number of aliphatic hydroxyl groups is 5. The maximum Gasteiger partial charge on any atom is 0.249 e. The first-order valence-corrected chi connectivity index (χ1v) is 13.9. The summed E-state index contributed by atoms with van der Waals surface area (Å²) in [5, 5.41) is 57.9. The second-order valence-corrected chi connectivity index (χ2v) is 10.8. The van der Waals surface area contributed by atoms with Gasteiger partial charge in [0.1, 0.15) is 42.7 Å². The van der Waals surface area contributed by atoms with Crippen molar-refractivity contribution in [2.45, 2.75) is 118 Å². The van der Waals surface area contributed by atoms with Gasteiger partial charge in [0.2, 0.25) is 5.91 Å². The molecule has 16 nitrogen and oxygen atoms in total. The van der Waals surface area contributed by atoms with Gasteiger partial charge in [-0.3, -0.25) is 4.79 Å². The number of likely N-dealkylation sites (N-methyl/N-ethyl adjacent to an activating group) is 1. The molecule has 14 atom stereocenters. The van der Waals surface area contributed by atoms with Gasteiger partial charge in [-0.1, -0.05) is 6.92 Å². The van der Waals surface area contributed by atoms with Gasteiger partial charge in [-0.2, -0.15) is 0 Å². The van der Waals surface area contributed by atoms with Crippen LogP contribution in [0.15, 0.2) is 0 Å². The van der Waals surface area contributed by atoms with Crippen molar-refractivity contribution in [3.63, 3.8) is 0 Å². The highest BCUT2D eigenvalue weighted by Gasteiger charge is 2.51. The van der Waals surface area contributed by atoms with Gasteiger partial charge >= 0.3 is 0 Å². The number of aliphatic hydroxyl groups excluding tert-OH is 5. The Morgan fingerprint density at radius 2 is 1.70 bits per heavy atom. The van der Waals surface area contributed by atoms with Gasteiger partial charge in [0.25, 0.3) is 0 Å². The minimum atomic E-state index is -1.54. The van der Waals surface area contributed by atoms with Crippen LogP contribution in [0, 0.1) is 0 Å². The molecule has 2 heterocycles. The quantitative estimate of drug-likeness (QED) is 0.102. The van der Waals surface area contributed by atoms with Gasteiger partial charge in [-0.15, -0.1) is 0 Å². The summed E-state index contributed by atoms with van der Waals surface area (Å²) < 4.78 is 23.7. The second-order valence-electron chi connectivity index (χ2n) is 10.8. The maximum atomic E-state index is 12.6. The number of amides is 1. The topological polar surface area (TPSA) is 283 Å². The highest BCUT2D eigenvalue weighted by molar-refractivity contribution is 5.80. The Kier molecular flexibility index (Phi) is 12.9. The second kappa shape index (κ2) is 15.4. The number of nitrogens with one attached hydrogen (secondary N) is 2. The fourth-order valence-corrected chi connectivity index (χ4v) is 5.30. The predicted molar refractivity (Wildman–Crippen MR) is 140 cm³/mol. The Labute approximate surface area is 233 Å². The number of rotatable bonds is 12. The van der Waals surface area contributed by atoms with Crippen LogP contribution in [0.4, 0.5) is 0 Å². The summed E-state index contributed by atoms with van der Waals surface area (Å²) in [6, 6.07) is -3.48. The van der Waals surface area contributed by atoms with Gasteiger partial charge in [0.15, 0.2) is 12.6 Å². The van der Waals surface area contributed by atoms with Crippen molar-refractivity contribution in [3.8, 4) is 0 Å². The van der Waals surface area contributed by atoms with Crippen LogP contribution in [0.3, 0.4) is 0 Å². The molecule has 0 aromatic rings. The molecule has 2 aliphatic heterocycles. The molecular weight excluding hydrogens is 532 g/mol. The zero-order valence-corrected chi connectivity index (χ0v) is 22.8. The summed E-state index contributed by atoms with van der Waals surface area (Å²) in [5.41, 5.74) is 24.0. The SMILES string of the molecule is CCNC[C@@H]1CC[C@@H](N)[C@@H](OC2[C@@H](N)C[C@@H](NC(=O)[C@@H](O)CCN)[C@H](O[C@H]3O[C@H](CO)[C@@H](O)[C@H](N)[C@H]3O)[C@H]2O)O1. The molecule has 2 saturated heterocycles. The summed E-state index contributed by atoms with van der Waals surface area (Å²) in [5.74, 6) is -0.753. The van der Waals surface area contributed by atoms with Gasteiger partial charge in [-0.05, 0) is 38.8 Å². The molecule has 1 amide bonds. The van der Waals surface area contributed by atoms with Gasteiger partial charge in [0.05, 0.1) is 30.8 Å². The van der Waals surface area contributed by atoms with Crippen LogP contribution in [-0.4, -0.2) is 143 Å². The third kappa shape index (κ3) is 8.05. The largest absolute Gasteiger partial charge is 0.394 e. The van der Waals surface area contributed by atoms with Gasteiger partial charge < -0.3 is 78.0 Å². The standard InChI is InChI=1S/C24H48N6O10/c1-2-29-8-10-3-4-11(26)23(37-10)39-20-12(27)7-13(30-22(36)14(32)5-6-25)21(19(20)35)40-24-18(34)16(28)17(33)15(9-31)38-24/h10-21,23-24,29,31-35H,2-9,25-28H2,1H3,(H,30,36)/t10-,11+,12-,13+,14-,15+,16-,17+,18+,19-,20?,21-,23+,24+/m0/s1. The minimum Gasteiger partial charge on any atom is -0.394 e. The van der Waals surface area contributed by atoms with E-state index < -0.39 is 92.0 Å². The Bertz CT molecular complexity index is 784. The monoisotopic (exact) mass is 580 g/mol.